The highest BCUT2D eigenvalue weighted by Gasteiger charge is 2.18. The van der Waals surface area contributed by atoms with Gasteiger partial charge in [-0.3, -0.25) is 9.59 Å². The van der Waals surface area contributed by atoms with Crippen LogP contribution >= 0.6 is 0 Å². The Bertz CT molecular complexity index is 133. The molecule has 0 aromatic heterocycles. The number of carboxylic acids is 2. The Labute approximate surface area is 47.2 Å². The minimum Gasteiger partial charge on any atom is -0.481 e. The lowest BCUT2D eigenvalue weighted by atomic mass is 10.2. The molecule has 0 aliphatic rings. The van der Waals surface area contributed by atoms with Crippen LogP contribution in [0.15, 0.2) is 0 Å². The maximum absolute atomic E-state index is 10.2. The third-order valence-electron chi connectivity index (χ3n) is 0.724. The van der Waals surface area contributed by atoms with Crippen LogP contribution in [-0.4, -0.2) is 22.2 Å². The summed E-state index contributed by atoms with van der Waals surface area (Å²) in [5, 5.41) is 11.5. The van der Waals surface area contributed by atoms with Crippen LogP contribution in [0.3, 0.4) is 0 Å². The first kappa shape index (κ1) is 5.08. The minimum atomic E-state index is -1.28. The maximum atomic E-state index is 10.2. The summed E-state index contributed by atoms with van der Waals surface area (Å²) >= 11 is 0. The summed E-state index contributed by atoms with van der Waals surface area (Å²) in [5.41, 5.74) is 0. The van der Waals surface area contributed by atoms with Gasteiger partial charge in [0.25, 0.3) is 1.43 Å². The molecule has 0 heterocycles. The van der Waals surface area contributed by atoms with Gasteiger partial charge < -0.3 is 10.2 Å². The molecule has 0 saturated carbocycles. The number of hydrogen-bond donors (Lipinski definition) is 2. The second kappa shape index (κ2) is 2.30. The largest absolute Gasteiger partial charge is 0.481 e. The summed E-state index contributed by atoms with van der Waals surface area (Å²) in [4.78, 5) is 20.1. The SMILES string of the molecule is [2H]OC(=O)C(C)C(=O)O. The lowest BCUT2D eigenvalue weighted by molar-refractivity contribution is -0.153. The number of carbonyl (C=O) groups is 2. The fraction of sp³-hybridized carbons (Fsp3) is 0.500. The van der Waals surface area contributed by atoms with Gasteiger partial charge in [-0.15, -0.1) is 0 Å². The van der Waals surface area contributed by atoms with E-state index in [1.54, 1.807) is 0 Å². The number of carboxylic acid groups (broad SMARTS) is 2. The Morgan fingerprint density at radius 2 is 2.12 bits per heavy atom. The molecule has 0 radical (unpaired) electrons. The van der Waals surface area contributed by atoms with Crippen molar-refractivity contribution in [3.63, 3.8) is 0 Å². The molecule has 2 N–H and O–H groups in total. The van der Waals surface area contributed by atoms with E-state index in [1.807, 2.05) is 0 Å². The molecule has 0 aliphatic carbocycles. The molecule has 4 nitrogen and oxygen atoms in total. The number of aliphatic carboxylic acids is 2. The van der Waals surface area contributed by atoms with E-state index in [9.17, 15) is 9.59 Å². The molecule has 4 heteroatoms. The average molecular weight is 119 g/mol. The molecule has 0 aliphatic heterocycles. The third-order valence-corrected chi connectivity index (χ3v) is 0.724. The van der Waals surface area contributed by atoms with Crippen molar-refractivity contribution in [3.05, 3.63) is 0 Å². The fourth-order valence-corrected chi connectivity index (χ4v) is 0.101. The van der Waals surface area contributed by atoms with Crippen molar-refractivity contribution in [1.29, 1.82) is 1.43 Å². The summed E-state index contributed by atoms with van der Waals surface area (Å²) in [6.07, 6.45) is 0. The van der Waals surface area contributed by atoms with Crippen molar-refractivity contribution in [2.75, 3.05) is 0 Å². The Balaban J connectivity index is 3.88. The van der Waals surface area contributed by atoms with Gasteiger partial charge in [0.05, 0.1) is 0 Å². The summed E-state index contributed by atoms with van der Waals surface area (Å²) < 4.78 is 6.02. The first-order valence-electron chi connectivity index (χ1n) is 2.40. The molecule has 46 valence electrons. The first-order valence-corrected chi connectivity index (χ1v) is 1.99. The zero-order valence-corrected chi connectivity index (χ0v) is 4.25. The summed E-state index contributed by atoms with van der Waals surface area (Å²) in [6.45, 7) is 1.15. The summed E-state index contributed by atoms with van der Waals surface area (Å²) in [5.74, 6) is -3.59. The summed E-state index contributed by atoms with van der Waals surface area (Å²) in [6, 6.07) is 0. The minimum absolute atomic E-state index is 1.05. The molecular weight excluding hydrogens is 112 g/mol. The van der Waals surface area contributed by atoms with E-state index in [1.165, 1.54) is 0 Å². The normalized spacial score (nSPS) is 13.9. The predicted octanol–water partition coefficient (Wildman–Crippen LogP) is -0.208. The lowest BCUT2D eigenvalue weighted by Gasteiger charge is -1.94. The first-order chi connectivity index (χ1) is 4.09. The highest BCUT2D eigenvalue weighted by atomic mass is 16.4. The smallest absolute Gasteiger partial charge is 0.317 e. The van der Waals surface area contributed by atoms with E-state index in [0.29, 0.717) is 0 Å². The van der Waals surface area contributed by atoms with E-state index < -0.39 is 17.9 Å². The topological polar surface area (TPSA) is 74.6 Å². The van der Waals surface area contributed by atoms with Gasteiger partial charge in [-0.05, 0) is 6.92 Å². The molecule has 0 fully saturated rings. The van der Waals surface area contributed by atoms with Crippen molar-refractivity contribution < 1.29 is 19.8 Å². The molecule has 0 bridgehead atoms. The molecule has 0 spiro atoms. The molecule has 1 atom stereocenters. The Morgan fingerprint density at radius 3 is 2.25 bits per heavy atom. The summed E-state index contributed by atoms with van der Waals surface area (Å²) in [7, 11) is 0. The number of rotatable bonds is 2. The second-order valence-electron chi connectivity index (χ2n) is 1.38. The van der Waals surface area contributed by atoms with Gasteiger partial charge in [-0.25, -0.2) is 0 Å². The molecule has 8 heavy (non-hydrogen) atoms. The fourth-order valence-electron chi connectivity index (χ4n) is 0.101. The van der Waals surface area contributed by atoms with Crippen molar-refractivity contribution in [2.45, 2.75) is 6.92 Å². The molecular formula is C4H6O4. The maximum Gasteiger partial charge on any atom is 0.317 e. The van der Waals surface area contributed by atoms with Crippen LogP contribution in [0, 0.1) is 5.92 Å². The van der Waals surface area contributed by atoms with Crippen LogP contribution in [0.25, 0.3) is 1.43 Å². The Hall–Kier alpha value is -1.06. The quantitative estimate of drug-likeness (QED) is 0.493. The molecule has 1 unspecified atom stereocenters. The molecule has 0 saturated heterocycles. The third kappa shape index (κ3) is 1.59. The lowest BCUT2D eigenvalue weighted by Crippen LogP contribution is -2.19. The van der Waals surface area contributed by atoms with Gasteiger partial charge >= 0.3 is 11.9 Å². The van der Waals surface area contributed by atoms with Gasteiger partial charge in [-0.2, -0.15) is 0 Å². The second-order valence-corrected chi connectivity index (χ2v) is 1.38. The van der Waals surface area contributed by atoms with E-state index in [-0.39, 0.29) is 0 Å². The van der Waals surface area contributed by atoms with Gasteiger partial charge in [0.15, 0.2) is 5.92 Å². The van der Waals surface area contributed by atoms with Crippen LogP contribution in [0.2, 0.25) is 0 Å². The van der Waals surface area contributed by atoms with Crippen molar-refractivity contribution in [1.82, 2.24) is 0 Å². The number of hydrogen-bond acceptors (Lipinski definition) is 3. The van der Waals surface area contributed by atoms with Crippen LogP contribution in [-0.2, 0) is 9.59 Å². The van der Waals surface area contributed by atoms with Crippen molar-refractivity contribution in [3.8, 4) is 0 Å². The van der Waals surface area contributed by atoms with E-state index in [4.69, 9.17) is 6.54 Å². The zero-order valence-electron chi connectivity index (χ0n) is 5.25. The van der Waals surface area contributed by atoms with Gasteiger partial charge in [0.1, 0.15) is 0 Å². The van der Waals surface area contributed by atoms with Crippen LogP contribution in [0.1, 0.15) is 6.92 Å². The highest BCUT2D eigenvalue weighted by molar-refractivity contribution is 5.92. The van der Waals surface area contributed by atoms with Gasteiger partial charge in [0, 0.05) is 0 Å². The van der Waals surface area contributed by atoms with Crippen molar-refractivity contribution in [2.24, 2.45) is 5.92 Å². The average Bonchev–Trinajstić information content (AvgIpc) is 1.84. The van der Waals surface area contributed by atoms with E-state index >= 15 is 0 Å². The monoisotopic (exact) mass is 119 g/mol. The van der Waals surface area contributed by atoms with Crippen LogP contribution in [0.5, 0.6) is 0 Å². The Morgan fingerprint density at radius 1 is 1.62 bits per heavy atom. The standard InChI is InChI=1S/C4H6O4/c1-2(3(5)6)4(7)8/h2H,1H3,(H,5,6)(H,7,8)/i/hD. The molecule has 0 aromatic carbocycles. The van der Waals surface area contributed by atoms with E-state index in [2.05, 4.69) is 5.11 Å². The van der Waals surface area contributed by atoms with Crippen molar-refractivity contribution >= 4 is 11.9 Å². The van der Waals surface area contributed by atoms with Crippen LogP contribution < -0.4 is 0 Å². The molecule has 0 amide bonds. The van der Waals surface area contributed by atoms with Crippen LogP contribution in [0.4, 0.5) is 0 Å². The van der Waals surface area contributed by atoms with Gasteiger partial charge in [0.2, 0.25) is 0 Å². The zero-order chi connectivity index (χ0) is 7.44. The highest BCUT2D eigenvalue weighted by Crippen LogP contribution is 1.91. The molecule has 0 rings (SSSR count). The Kier molecular flexibility index (Phi) is 1.46. The molecule has 0 aromatic rings. The predicted molar refractivity (Wildman–Crippen MR) is 24.4 cm³/mol. The van der Waals surface area contributed by atoms with E-state index in [0.717, 1.165) is 6.92 Å². The van der Waals surface area contributed by atoms with Gasteiger partial charge in [-0.1, -0.05) is 0 Å².